The van der Waals surface area contributed by atoms with Crippen molar-refractivity contribution in [2.75, 3.05) is 48.5 Å². The molecule has 1 aromatic rings. The van der Waals surface area contributed by atoms with Crippen molar-refractivity contribution in [2.24, 2.45) is 0 Å². The summed E-state index contributed by atoms with van der Waals surface area (Å²) in [6, 6.07) is 3.29. The summed E-state index contributed by atoms with van der Waals surface area (Å²) in [6.45, 7) is 1.32. The van der Waals surface area contributed by atoms with E-state index in [0.29, 0.717) is 29.4 Å². The highest BCUT2D eigenvalue weighted by Crippen LogP contribution is 2.35. The molecule has 0 saturated carbocycles. The van der Waals surface area contributed by atoms with Gasteiger partial charge in [0.05, 0.1) is 26.9 Å². The Balaban J connectivity index is 3.12. The topological polar surface area (TPSA) is 60.0 Å². The third-order valence-electron chi connectivity index (χ3n) is 2.98. The molecule has 1 rings (SSSR count). The summed E-state index contributed by atoms with van der Waals surface area (Å²) in [4.78, 5) is 14.0. The van der Waals surface area contributed by atoms with Crippen molar-refractivity contribution in [3.63, 3.8) is 0 Å². The zero-order valence-electron chi connectivity index (χ0n) is 12.6. The van der Waals surface area contributed by atoms with Gasteiger partial charge in [-0.1, -0.05) is 0 Å². The Kier molecular flexibility index (Phi) is 6.11. The number of nitrogens with zero attached hydrogens (tertiary/aromatic N) is 1. The summed E-state index contributed by atoms with van der Waals surface area (Å²) >= 11 is 0. The van der Waals surface area contributed by atoms with Crippen LogP contribution in [0, 0.1) is 0 Å². The van der Waals surface area contributed by atoms with Crippen molar-refractivity contribution in [1.82, 2.24) is 10.2 Å². The van der Waals surface area contributed by atoms with Gasteiger partial charge in [-0.15, -0.1) is 0 Å². The lowest BCUT2D eigenvalue weighted by atomic mass is 10.1. The van der Waals surface area contributed by atoms with Crippen molar-refractivity contribution in [1.29, 1.82) is 0 Å². The van der Waals surface area contributed by atoms with Gasteiger partial charge in [-0.05, 0) is 7.05 Å². The van der Waals surface area contributed by atoms with E-state index in [-0.39, 0.29) is 5.91 Å². The van der Waals surface area contributed by atoms with E-state index in [4.69, 9.17) is 14.2 Å². The number of ether oxygens (including phenoxy) is 3. The van der Waals surface area contributed by atoms with Crippen LogP contribution < -0.4 is 19.5 Å². The molecular formula is C14H22N2O4. The van der Waals surface area contributed by atoms with Gasteiger partial charge in [0.15, 0.2) is 11.5 Å². The van der Waals surface area contributed by atoms with Gasteiger partial charge in [0.1, 0.15) is 5.75 Å². The van der Waals surface area contributed by atoms with E-state index in [1.807, 2.05) is 7.05 Å². The molecule has 0 fully saturated rings. The van der Waals surface area contributed by atoms with Crippen LogP contribution in [0.4, 0.5) is 0 Å². The molecular weight excluding hydrogens is 260 g/mol. The lowest BCUT2D eigenvalue weighted by molar-refractivity contribution is 0.0793. The first-order valence-corrected chi connectivity index (χ1v) is 6.29. The molecule has 0 spiro atoms. The zero-order valence-corrected chi connectivity index (χ0v) is 12.6. The SMILES string of the molecule is CNCCN(C)C(=O)c1cc(OC)c(OC)cc1OC. The minimum absolute atomic E-state index is 0.127. The van der Waals surface area contributed by atoms with Crippen molar-refractivity contribution >= 4 is 5.91 Å². The molecule has 0 saturated heterocycles. The van der Waals surface area contributed by atoms with Crippen molar-refractivity contribution in [3.05, 3.63) is 17.7 Å². The van der Waals surface area contributed by atoms with Gasteiger partial charge in [-0.3, -0.25) is 4.79 Å². The van der Waals surface area contributed by atoms with Gasteiger partial charge in [0.25, 0.3) is 5.91 Å². The van der Waals surface area contributed by atoms with Crippen molar-refractivity contribution in [3.8, 4) is 17.2 Å². The fourth-order valence-electron chi connectivity index (χ4n) is 1.78. The van der Waals surface area contributed by atoms with E-state index in [0.717, 1.165) is 6.54 Å². The molecule has 0 bridgehead atoms. The Morgan fingerprint density at radius 1 is 1.10 bits per heavy atom. The monoisotopic (exact) mass is 282 g/mol. The largest absolute Gasteiger partial charge is 0.496 e. The Morgan fingerprint density at radius 3 is 2.15 bits per heavy atom. The van der Waals surface area contributed by atoms with Crippen LogP contribution in [0.15, 0.2) is 12.1 Å². The van der Waals surface area contributed by atoms with E-state index in [1.54, 1.807) is 24.1 Å². The first-order chi connectivity index (χ1) is 9.58. The number of carbonyl (C=O) groups is 1. The fourth-order valence-corrected chi connectivity index (χ4v) is 1.78. The lowest BCUT2D eigenvalue weighted by Gasteiger charge is -2.19. The summed E-state index contributed by atoms with van der Waals surface area (Å²) < 4.78 is 15.7. The summed E-state index contributed by atoms with van der Waals surface area (Å²) in [6.07, 6.45) is 0. The molecule has 1 N–H and O–H groups in total. The van der Waals surface area contributed by atoms with Crippen LogP contribution in [-0.2, 0) is 0 Å². The molecule has 0 radical (unpaired) electrons. The molecule has 0 heterocycles. The van der Waals surface area contributed by atoms with Crippen LogP contribution in [0.3, 0.4) is 0 Å². The first kappa shape index (κ1) is 16.1. The third-order valence-corrected chi connectivity index (χ3v) is 2.98. The standard InChI is InChI=1S/C14H22N2O4/c1-15-6-7-16(2)14(17)10-8-12(19-4)13(20-5)9-11(10)18-3/h8-9,15H,6-7H2,1-5H3. The predicted molar refractivity (Wildman–Crippen MR) is 77.0 cm³/mol. The summed E-state index contributed by atoms with van der Waals surface area (Å²) in [5.41, 5.74) is 0.448. The molecule has 0 aliphatic heterocycles. The lowest BCUT2D eigenvalue weighted by Crippen LogP contribution is -2.33. The maximum Gasteiger partial charge on any atom is 0.257 e. The summed E-state index contributed by atoms with van der Waals surface area (Å²) in [7, 11) is 8.18. The fraction of sp³-hybridized carbons (Fsp3) is 0.500. The molecule has 0 atom stereocenters. The number of nitrogens with one attached hydrogen (secondary N) is 1. The van der Waals surface area contributed by atoms with E-state index in [2.05, 4.69) is 5.32 Å². The third kappa shape index (κ3) is 3.54. The normalized spacial score (nSPS) is 10.1. The van der Waals surface area contributed by atoms with Gasteiger partial charge < -0.3 is 24.4 Å². The predicted octanol–water partition coefficient (Wildman–Crippen LogP) is 1.00. The molecule has 1 amide bonds. The van der Waals surface area contributed by atoms with Crippen LogP contribution >= 0.6 is 0 Å². The summed E-state index contributed by atoms with van der Waals surface area (Å²) in [5, 5.41) is 3.00. The average Bonchev–Trinajstić information content (AvgIpc) is 2.50. The smallest absolute Gasteiger partial charge is 0.257 e. The van der Waals surface area contributed by atoms with Crippen LogP contribution in [0.5, 0.6) is 17.2 Å². The number of likely N-dealkylation sites (N-methyl/N-ethyl adjacent to an activating group) is 2. The molecule has 0 aliphatic carbocycles. The van der Waals surface area contributed by atoms with Crippen molar-refractivity contribution < 1.29 is 19.0 Å². The van der Waals surface area contributed by atoms with E-state index in [1.165, 1.54) is 21.3 Å². The quantitative estimate of drug-likeness (QED) is 0.808. The number of benzene rings is 1. The molecule has 1 aromatic carbocycles. The van der Waals surface area contributed by atoms with Gasteiger partial charge in [-0.25, -0.2) is 0 Å². The highest BCUT2D eigenvalue weighted by molar-refractivity contribution is 5.97. The van der Waals surface area contributed by atoms with E-state index < -0.39 is 0 Å². The maximum atomic E-state index is 12.4. The molecule has 20 heavy (non-hydrogen) atoms. The Morgan fingerprint density at radius 2 is 1.65 bits per heavy atom. The highest BCUT2D eigenvalue weighted by Gasteiger charge is 2.20. The number of amides is 1. The zero-order chi connectivity index (χ0) is 15.1. The minimum atomic E-state index is -0.127. The molecule has 6 heteroatoms. The van der Waals surface area contributed by atoms with Crippen LogP contribution in [-0.4, -0.2) is 59.3 Å². The molecule has 0 aliphatic rings. The second kappa shape index (κ2) is 7.59. The Hall–Kier alpha value is -1.95. The van der Waals surface area contributed by atoms with E-state index >= 15 is 0 Å². The summed E-state index contributed by atoms with van der Waals surface area (Å²) in [5.74, 6) is 1.36. The Labute approximate surface area is 119 Å². The maximum absolute atomic E-state index is 12.4. The average molecular weight is 282 g/mol. The van der Waals surface area contributed by atoms with Crippen LogP contribution in [0.2, 0.25) is 0 Å². The van der Waals surface area contributed by atoms with E-state index in [9.17, 15) is 4.79 Å². The highest BCUT2D eigenvalue weighted by atomic mass is 16.5. The number of rotatable bonds is 7. The van der Waals surface area contributed by atoms with Crippen LogP contribution in [0.1, 0.15) is 10.4 Å². The van der Waals surface area contributed by atoms with Gasteiger partial charge >= 0.3 is 0 Å². The molecule has 112 valence electrons. The van der Waals surface area contributed by atoms with Gasteiger partial charge in [-0.2, -0.15) is 0 Å². The molecule has 0 unspecified atom stereocenters. The number of methoxy groups -OCH3 is 3. The molecule has 0 aromatic heterocycles. The number of carbonyl (C=O) groups excluding carboxylic acids is 1. The van der Waals surface area contributed by atoms with Gasteiger partial charge in [0, 0.05) is 32.3 Å². The van der Waals surface area contributed by atoms with Gasteiger partial charge in [0.2, 0.25) is 0 Å². The van der Waals surface area contributed by atoms with Crippen LogP contribution in [0.25, 0.3) is 0 Å². The second-order valence-electron chi connectivity index (χ2n) is 4.24. The minimum Gasteiger partial charge on any atom is -0.496 e. The first-order valence-electron chi connectivity index (χ1n) is 6.29. The molecule has 6 nitrogen and oxygen atoms in total. The van der Waals surface area contributed by atoms with Crippen molar-refractivity contribution in [2.45, 2.75) is 0 Å². The number of hydrogen-bond acceptors (Lipinski definition) is 5. The number of hydrogen-bond donors (Lipinski definition) is 1. The second-order valence-corrected chi connectivity index (χ2v) is 4.24. The Bertz CT molecular complexity index is 463.